The van der Waals surface area contributed by atoms with E-state index in [2.05, 4.69) is 15.3 Å². The van der Waals surface area contributed by atoms with Crippen molar-refractivity contribution >= 4 is 33.8 Å². The third-order valence-electron chi connectivity index (χ3n) is 3.01. The Kier molecular flexibility index (Phi) is 4.04. The van der Waals surface area contributed by atoms with Crippen LogP contribution in [0.25, 0.3) is 11.3 Å². The molecule has 1 N–H and O–H groups in total. The molecule has 7 heteroatoms. The van der Waals surface area contributed by atoms with Gasteiger partial charge in [0.2, 0.25) is 0 Å². The van der Waals surface area contributed by atoms with Gasteiger partial charge < -0.3 is 5.32 Å². The van der Waals surface area contributed by atoms with Crippen LogP contribution in [0, 0.1) is 18.6 Å². The standard InChI is InChI=1S/C15H10ClF2N3S/c1-8-4-12(18)10(5-11(8)17)13-7-22-15(21-13)20-9-2-3-14(16)19-6-9/h2-7H,1H3,(H,20,21). The number of pyridine rings is 1. The molecule has 2 heterocycles. The molecule has 0 spiro atoms. The molecular weight excluding hydrogens is 328 g/mol. The van der Waals surface area contributed by atoms with Gasteiger partial charge in [0.1, 0.15) is 16.8 Å². The molecule has 0 unspecified atom stereocenters. The van der Waals surface area contributed by atoms with E-state index in [1.165, 1.54) is 24.3 Å². The van der Waals surface area contributed by atoms with Crippen molar-refractivity contribution in [2.75, 3.05) is 5.32 Å². The second-order valence-electron chi connectivity index (χ2n) is 4.61. The van der Waals surface area contributed by atoms with Crippen LogP contribution in [0.3, 0.4) is 0 Å². The molecule has 22 heavy (non-hydrogen) atoms. The number of thiazole rings is 1. The summed E-state index contributed by atoms with van der Waals surface area (Å²) < 4.78 is 27.6. The largest absolute Gasteiger partial charge is 0.330 e. The minimum atomic E-state index is -0.496. The Balaban J connectivity index is 1.87. The van der Waals surface area contributed by atoms with Gasteiger partial charge in [0.25, 0.3) is 0 Å². The molecule has 0 bridgehead atoms. The van der Waals surface area contributed by atoms with E-state index in [1.54, 1.807) is 23.7 Å². The Morgan fingerprint density at radius 2 is 2.00 bits per heavy atom. The number of anilines is 2. The molecule has 1 aromatic carbocycles. The predicted molar refractivity (Wildman–Crippen MR) is 84.7 cm³/mol. The fourth-order valence-corrected chi connectivity index (χ4v) is 2.71. The van der Waals surface area contributed by atoms with Gasteiger partial charge in [-0.05, 0) is 36.8 Å². The maximum atomic E-state index is 13.9. The molecule has 2 aromatic heterocycles. The maximum absolute atomic E-state index is 13.9. The molecule has 0 aliphatic rings. The lowest BCUT2D eigenvalue weighted by Gasteiger charge is -2.03. The lowest BCUT2D eigenvalue weighted by Crippen LogP contribution is -1.92. The lowest BCUT2D eigenvalue weighted by molar-refractivity contribution is 0.595. The quantitative estimate of drug-likeness (QED) is 0.668. The summed E-state index contributed by atoms with van der Waals surface area (Å²) in [6, 6.07) is 5.73. The number of hydrogen-bond donors (Lipinski definition) is 1. The number of nitrogens with zero attached hydrogens (tertiary/aromatic N) is 2. The summed E-state index contributed by atoms with van der Waals surface area (Å²) in [5, 5.41) is 5.65. The Morgan fingerprint density at radius 1 is 1.18 bits per heavy atom. The number of aromatic nitrogens is 2. The Bertz CT molecular complexity index is 818. The highest BCUT2D eigenvalue weighted by Gasteiger charge is 2.12. The number of halogens is 3. The van der Waals surface area contributed by atoms with Gasteiger partial charge >= 0.3 is 0 Å². The Morgan fingerprint density at radius 3 is 2.73 bits per heavy atom. The number of benzene rings is 1. The zero-order chi connectivity index (χ0) is 15.7. The van der Waals surface area contributed by atoms with Crippen molar-refractivity contribution < 1.29 is 8.78 Å². The molecule has 3 rings (SSSR count). The van der Waals surface area contributed by atoms with E-state index in [4.69, 9.17) is 11.6 Å². The highest BCUT2D eigenvalue weighted by atomic mass is 35.5. The first-order chi connectivity index (χ1) is 10.5. The van der Waals surface area contributed by atoms with E-state index in [-0.39, 0.29) is 11.1 Å². The van der Waals surface area contributed by atoms with Crippen molar-refractivity contribution in [1.82, 2.24) is 9.97 Å². The van der Waals surface area contributed by atoms with E-state index in [9.17, 15) is 8.78 Å². The molecule has 0 saturated heterocycles. The normalized spacial score (nSPS) is 10.7. The first-order valence-corrected chi connectivity index (χ1v) is 7.59. The van der Waals surface area contributed by atoms with Crippen LogP contribution in [-0.4, -0.2) is 9.97 Å². The van der Waals surface area contributed by atoms with E-state index in [1.807, 2.05) is 0 Å². The number of hydrogen-bond acceptors (Lipinski definition) is 4. The average Bonchev–Trinajstić information content (AvgIpc) is 2.93. The van der Waals surface area contributed by atoms with Crippen LogP contribution in [0.15, 0.2) is 35.8 Å². The van der Waals surface area contributed by atoms with Crippen LogP contribution in [0.1, 0.15) is 5.56 Å². The predicted octanol–water partition coefficient (Wildman–Crippen LogP) is 5.19. The van der Waals surface area contributed by atoms with Gasteiger partial charge in [-0.2, -0.15) is 0 Å². The summed E-state index contributed by atoms with van der Waals surface area (Å²) in [5.41, 5.74) is 1.50. The van der Waals surface area contributed by atoms with Crippen LogP contribution in [0.4, 0.5) is 19.6 Å². The van der Waals surface area contributed by atoms with Crippen molar-refractivity contribution in [3.05, 3.63) is 58.2 Å². The molecule has 3 aromatic rings. The first-order valence-electron chi connectivity index (χ1n) is 6.33. The minimum absolute atomic E-state index is 0.140. The zero-order valence-electron chi connectivity index (χ0n) is 11.4. The highest BCUT2D eigenvalue weighted by molar-refractivity contribution is 7.14. The maximum Gasteiger partial charge on any atom is 0.187 e. The van der Waals surface area contributed by atoms with Crippen molar-refractivity contribution in [2.45, 2.75) is 6.92 Å². The van der Waals surface area contributed by atoms with Gasteiger partial charge in [0, 0.05) is 10.9 Å². The molecule has 0 aliphatic heterocycles. The molecule has 0 atom stereocenters. The summed E-state index contributed by atoms with van der Waals surface area (Å²) in [6.07, 6.45) is 1.57. The van der Waals surface area contributed by atoms with Crippen molar-refractivity contribution in [1.29, 1.82) is 0 Å². The summed E-state index contributed by atoms with van der Waals surface area (Å²) >= 11 is 7.00. The summed E-state index contributed by atoms with van der Waals surface area (Å²) in [4.78, 5) is 8.22. The average molecular weight is 338 g/mol. The van der Waals surface area contributed by atoms with E-state index in [0.29, 0.717) is 21.7 Å². The van der Waals surface area contributed by atoms with Crippen molar-refractivity contribution in [2.24, 2.45) is 0 Å². The van der Waals surface area contributed by atoms with Gasteiger partial charge in [-0.3, -0.25) is 0 Å². The number of rotatable bonds is 3. The molecule has 0 saturated carbocycles. The zero-order valence-corrected chi connectivity index (χ0v) is 13.0. The summed E-state index contributed by atoms with van der Waals surface area (Å²) in [6.45, 7) is 1.52. The van der Waals surface area contributed by atoms with Gasteiger partial charge in [-0.25, -0.2) is 18.7 Å². The van der Waals surface area contributed by atoms with E-state index in [0.717, 1.165) is 6.07 Å². The number of nitrogens with one attached hydrogen (secondary N) is 1. The molecule has 3 nitrogen and oxygen atoms in total. The van der Waals surface area contributed by atoms with Crippen LogP contribution in [0.5, 0.6) is 0 Å². The van der Waals surface area contributed by atoms with Crippen LogP contribution < -0.4 is 5.32 Å². The Labute approximate surface area is 134 Å². The fourth-order valence-electron chi connectivity index (χ4n) is 1.87. The van der Waals surface area contributed by atoms with Gasteiger partial charge in [0.05, 0.1) is 17.6 Å². The lowest BCUT2D eigenvalue weighted by atomic mass is 10.1. The monoisotopic (exact) mass is 337 g/mol. The second kappa shape index (κ2) is 5.98. The van der Waals surface area contributed by atoms with E-state index < -0.39 is 11.6 Å². The molecule has 0 radical (unpaired) electrons. The van der Waals surface area contributed by atoms with Crippen molar-refractivity contribution in [3.8, 4) is 11.3 Å². The summed E-state index contributed by atoms with van der Waals surface area (Å²) in [5.74, 6) is -0.954. The van der Waals surface area contributed by atoms with Crippen LogP contribution >= 0.6 is 22.9 Å². The van der Waals surface area contributed by atoms with E-state index >= 15 is 0 Å². The summed E-state index contributed by atoms with van der Waals surface area (Å²) in [7, 11) is 0. The molecule has 0 fully saturated rings. The number of aryl methyl sites for hydroxylation is 1. The third-order valence-corrected chi connectivity index (χ3v) is 3.99. The molecular formula is C15H10ClF2N3S. The SMILES string of the molecule is Cc1cc(F)c(-c2csc(Nc3ccc(Cl)nc3)n2)cc1F. The Hall–Kier alpha value is -2.05. The third kappa shape index (κ3) is 3.08. The highest BCUT2D eigenvalue weighted by Crippen LogP contribution is 2.30. The second-order valence-corrected chi connectivity index (χ2v) is 5.86. The molecule has 0 amide bonds. The minimum Gasteiger partial charge on any atom is -0.330 e. The fraction of sp³-hybridized carbons (Fsp3) is 0.0667. The molecule has 112 valence electrons. The molecule has 0 aliphatic carbocycles. The first kappa shape index (κ1) is 14.9. The smallest absolute Gasteiger partial charge is 0.187 e. The van der Waals surface area contributed by atoms with Gasteiger partial charge in [-0.15, -0.1) is 11.3 Å². The van der Waals surface area contributed by atoms with Crippen LogP contribution in [0.2, 0.25) is 5.15 Å². The van der Waals surface area contributed by atoms with Crippen molar-refractivity contribution in [3.63, 3.8) is 0 Å². The van der Waals surface area contributed by atoms with Gasteiger partial charge in [0.15, 0.2) is 5.13 Å². The van der Waals surface area contributed by atoms with Gasteiger partial charge in [-0.1, -0.05) is 11.6 Å². The topological polar surface area (TPSA) is 37.8 Å². The van der Waals surface area contributed by atoms with Crippen LogP contribution in [-0.2, 0) is 0 Å².